The Labute approximate surface area is 138 Å². The van der Waals surface area contributed by atoms with E-state index < -0.39 is 0 Å². The average molecular weight is 317 g/mol. The molecule has 2 fully saturated rings. The van der Waals surface area contributed by atoms with E-state index >= 15 is 0 Å². The van der Waals surface area contributed by atoms with Crippen molar-refractivity contribution in [3.05, 3.63) is 24.3 Å². The monoisotopic (exact) mass is 317 g/mol. The molecule has 0 aromatic heterocycles. The van der Waals surface area contributed by atoms with Crippen LogP contribution in [0.2, 0.25) is 0 Å². The maximum Gasteiger partial charge on any atom is 0.321 e. The Morgan fingerprint density at radius 1 is 1.13 bits per heavy atom. The Kier molecular flexibility index (Phi) is 5.39. The van der Waals surface area contributed by atoms with Crippen LogP contribution in [-0.4, -0.2) is 54.7 Å². The Morgan fingerprint density at radius 2 is 1.78 bits per heavy atom. The number of nitrogens with one attached hydrogen (secondary N) is 1. The molecule has 0 bridgehead atoms. The fourth-order valence-corrected chi connectivity index (χ4v) is 3.56. The van der Waals surface area contributed by atoms with Crippen molar-refractivity contribution in [2.24, 2.45) is 0 Å². The van der Waals surface area contributed by atoms with Gasteiger partial charge in [-0.2, -0.15) is 0 Å². The van der Waals surface area contributed by atoms with E-state index in [1.54, 1.807) is 0 Å². The van der Waals surface area contributed by atoms with Crippen LogP contribution in [0.5, 0.6) is 5.75 Å². The summed E-state index contributed by atoms with van der Waals surface area (Å²) in [5.74, 6) is 0.829. The SMILES string of the molecule is CCOc1ccc(NC(=O)N2CCN(C3CCCC3)CC2)cc1. The van der Waals surface area contributed by atoms with E-state index in [1.165, 1.54) is 25.7 Å². The van der Waals surface area contributed by atoms with Gasteiger partial charge in [-0.05, 0) is 44.0 Å². The third kappa shape index (κ3) is 4.16. The standard InChI is InChI=1S/C18H27N3O2/c1-2-23-17-9-7-15(8-10-17)19-18(22)21-13-11-20(12-14-21)16-5-3-4-6-16/h7-10,16H,2-6,11-14H2,1H3,(H,19,22). The molecule has 1 aliphatic carbocycles. The van der Waals surface area contributed by atoms with Crippen molar-refractivity contribution in [3.8, 4) is 5.75 Å². The molecule has 1 saturated heterocycles. The lowest BCUT2D eigenvalue weighted by Crippen LogP contribution is -2.52. The predicted octanol–water partition coefficient (Wildman–Crippen LogP) is 3.18. The molecule has 0 unspecified atom stereocenters. The van der Waals surface area contributed by atoms with E-state index in [4.69, 9.17) is 4.74 Å². The number of carbonyl (C=O) groups is 1. The molecular formula is C18H27N3O2. The number of nitrogens with zero attached hydrogens (tertiary/aromatic N) is 2. The van der Waals surface area contributed by atoms with Gasteiger partial charge in [0, 0.05) is 37.9 Å². The molecule has 1 aromatic carbocycles. The normalized spacial score (nSPS) is 19.8. The number of carbonyl (C=O) groups excluding carboxylic acids is 1. The van der Waals surface area contributed by atoms with Gasteiger partial charge >= 0.3 is 6.03 Å². The topological polar surface area (TPSA) is 44.8 Å². The number of anilines is 1. The Morgan fingerprint density at radius 3 is 2.39 bits per heavy atom. The summed E-state index contributed by atoms with van der Waals surface area (Å²) in [6, 6.07) is 8.30. The molecule has 5 heteroatoms. The number of ether oxygens (including phenoxy) is 1. The molecule has 1 N–H and O–H groups in total. The highest BCUT2D eigenvalue weighted by molar-refractivity contribution is 5.89. The minimum absolute atomic E-state index is 0.000215. The molecule has 1 aliphatic heterocycles. The van der Waals surface area contributed by atoms with Gasteiger partial charge < -0.3 is 15.0 Å². The highest BCUT2D eigenvalue weighted by atomic mass is 16.5. The van der Waals surface area contributed by atoms with Crippen molar-refractivity contribution >= 4 is 11.7 Å². The summed E-state index contributed by atoms with van der Waals surface area (Å²) in [7, 11) is 0. The van der Waals surface area contributed by atoms with Gasteiger partial charge in [0.25, 0.3) is 0 Å². The zero-order valence-electron chi connectivity index (χ0n) is 14.0. The van der Waals surface area contributed by atoms with Crippen molar-refractivity contribution in [1.29, 1.82) is 0 Å². The minimum atomic E-state index is 0.000215. The van der Waals surface area contributed by atoms with Crippen LogP contribution >= 0.6 is 0 Å². The zero-order chi connectivity index (χ0) is 16.1. The molecule has 5 nitrogen and oxygen atoms in total. The second-order valence-corrected chi connectivity index (χ2v) is 6.35. The third-order valence-electron chi connectivity index (χ3n) is 4.86. The smallest absolute Gasteiger partial charge is 0.321 e. The number of benzene rings is 1. The van der Waals surface area contributed by atoms with Gasteiger partial charge in [0.1, 0.15) is 5.75 Å². The van der Waals surface area contributed by atoms with Crippen LogP contribution in [0.3, 0.4) is 0 Å². The lowest BCUT2D eigenvalue weighted by molar-refractivity contribution is 0.115. The van der Waals surface area contributed by atoms with Crippen LogP contribution in [-0.2, 0) is 0 Å². The predicted molar refractivity (Wildman–Crippen MR) is 92.0 cm³/mol. The first-order chi connectivity index (χ1) is 11.3. The summed E-state index contributed by atoms with van der Waals surface area (Å²) in [5.41, 5.74) is 0.816. The number of hydrogen-bond donors (Lipinski definition) is 1. The van der Waals surface area contributed by atoms with E-state index in [2.05, 4.69) is 10.2 Å². The Bertz CT molecular complexity index is 504. The fraction of sp³-hybridized carbons (Fsp3) is 0.611. The van der Waals surface area contributed by atoms with E-state index in [-0.39, 0.29) is 6.03 Å². The molecule has 0 spiro atoms. The van der Waals surface area contributed by atoms with Crippen LogP contribution in [0.25, 0.3) is 0 Å². The summed E-state index contributed by atoms with van der Waals surface area (Å²) in [6.45, 7) is 6.25. The van der Waals surface area contributed by atoms with Crippen molar-refractivity contribution in [2.75, 3.05) is 38.1 Å². The summed E-state index contributed by atoms with van der Waals surface area (Å²) >= 11 is 0. The van der Waals surface area contributed by atoms with E-state index in [1.807, 2.05) is 36.1 Å². The van der Waals surface area contributed by atoms with Crippen LogP contribution in [0.4, 0.5) is 10.5 Å². The lowest BCUT2D eigenvalue weighted by Gasteiger charge is -2.38. The van der Waals surface area contributed by atoms with E-state index in [0.717, 1.165) is 43.7 Å². The second-order valence-electron chi connectivity index (χ2n) is 6.35. The van der Waals surface area contributed by atoms with Crippen LogP contribution < -0.4 is 10.1 Å². The van der Waals surface area contributed by atoms with E-state index in [0.29, 0.717) is 6.61 Å². The second kappa shape index (κ2) is 7.68. The van der Waals surface area contributed by atoms with Crippen molar-refractivity contribution in [2.45, 2.75) is 38.6 Å². The summed E-state index contributed by atoms with van der Waals surface area (Å²) in [6.07, 6.45) is 5.39. The molecule has 1 heterocycles. The molecule has 3 rings (SSSR count). The Balaban J connectivity index is 1.47. The van der Waals surface area contributed by atoms with Crippen molar-refractivity contribution < 1.29 is 9.53 Å². The zero-order valence-corrected chi connectivity index (χ0v) is 14.0. The highest BCUT2D eigenvalue weighted by Crippen LogP contribution is 2.24. The van der Waals surface area contributed by atoms with Gasteiger partial charge in [-0.15, -0.1) is 0 Å². The van der Waals surface area contributed by atoms with Crippen molar-refractivity contribution in [1.82, 2.24) is 9.80 Å². The van der Waals surface area contributed by atoms with Gasteiger partial charge in [0.2, 0.25) is 0 Å². The molecule has 0 atom stereocenters. The number of rotatable bonds is 4. The largest absolute Gasteiger partial charge is 0.494 e. The van der Waals surface area contributed by atoms with Crippen LogP contribution in [0.1, 0.15) is 32.6 Å². The average Bonchev–Trinajstić information content (AvgIpc) is 3.11. The third-order valence-corrected chi connectivity index (χ3v) is 4.86. The van der Waals surface area contributed by atoms with Gasteiger partial charge in [0.05, 0.1) is 6.61 Å². The first-order valence-corrected chi connectivity index (χ1v) is 8.79. The van der Waals surface area contributed by atoms with Crippen LogP contribution in [0, 0.1) is 0 Å². The Hall–Kier alpha value is -1.75. The van der Waals surface area contributed by atoms with Gasteiger partial charge in [0.15, 0.2) is 0 Å². The molecule has 2 amide bonds. The summed E-state index contributed by atoms with van der Waals surface area (Å²) < 4.78 is 5.41. The summed E-state index contributed by atoms with van der Waals surface area (Å²) in [4.78, 5) is 16.9. The number of hydrogen-bond acceptors (Lipinski definition) is 3. The molecule has 1 saturated carbocycles. The maximum absolute atomic E-state index is 12.4. The number of urea groups is 1. The van der Waals surface area contributed by atoms with Gasteiger partial charge in [-0.25, -0.2) is 4.79 Å². The molecule has 126 valence electrons. The first kappa shape index (κ1) is 16.1. The number of amides is 2. The quantitative estimate of drug-likeness (QED) is 0.927. The van der Waals surface area contributed by atoms with Crippen molar-refractivity contribution in [3.63, 3.8) is 0 Å². The van der Waals surface area contributed by atoms with Gasteiger partial charge in [-0.3, -0.25) is 4.90 Å². The minimum Gasteiger partial charge on any atom is -0.494 e. The highest BCUT2D eigenvalue weighted by Gasteiger charge is 2.27. The molecular weight excluding hydrogens is 290 g/mol. The van der Waals surface area contributed by atoms with Gasteiger partial charge in [-0.1, -0.05) is 12.8 Å². The first-order valence-electron chi connectivity index (χ1n) is 8.79. The van der Waals surface area contributed by atoms with E-state index in [9.17, 15) is 4.79 Å². The molecule has 23 heavy (non-hydrogen) atoms. The molecule has 0 radical (unpaired) electrons. The van der Waals surface area contributed by atoms with Crippen LogP contribution in [0.15, 0.2) is 24.3 Å². The lowest BCUT2D eigenvalue weighted by atomic mass is 10.2. The molecule has 2 aliphatic rings. The number of piperazine rings is 1. The fourth-order valence-electron chi connectivity index (χ4n) is 3.56. The maximum atomic E-state index is 12.4. The molecule has 1 aromatic rings. The summed E-state index contributed by atoms with van der Waals surface area (Å²) in [5, 5.41) is 2.98.